The summed E-state index contributed by atoms with van der Waals surface area (Å²) in [5.74, 6) is 0.273. The predicted molar refractivity (Wildman–Crippen MR) is 120 cm³/mol. The normalized spacial score (nSPS) is 12.2. The molecule has 2 rings (SSSR count). The van der Waals surface area contributed by atoms with Gasteiger partial charge in [-0.25, -0.2) is 0 Å². The molecular formula is C25H34N2O3. The van der Waals surface area contributed by atoms with Gasteiger partial charge >= 0.3 is 0 Å². The molecule has 0 heterocycles. The maximum absolute atomic E-state index is 13.1. The van der Waals surface area contributed by atoms with Crippen LogP contribution in [0.15, 0.2) is 42.5 Å². The number of nitrogens with zero attached hydrogens (tertiary/aromatic N) is 1. The van der Waals surface area contributed by atoms with Gasteiger partial charge in [-0.1, -0.05) is 42.0 Å². The summed E-state index contributed by atoms with van der Waals surface area (Å²) in [5, 5.41) is 2.97. The Morgan fingerprint density at radius 3 is 2.33 bits per heavy atom. The lowest BCUT2D eigenvalue weighted by Crippen LogP contribution is -2.53. The highest BCUT2D eigenvalue weighted by atomic mass is 16.5. The number of hydrogen-bond donors (Lipinski definition) is 1. The molecule has 162 valence electrons. The van der Waals surface area contributed by atoms with Gasteiger partial charge in [-0.2, -0.15) is 0 Å². The average Bonchev–Trinajstić information content (AvgIpc) is 2.64. The molecule has 0 aromatic heterocycles. The molecular weight excluding hydrogens is 376 g/mol. The smallest absolute Gasteiger partial charge is 0.261 e. The van der Waals surface area contributed by atoms with E-state index in [1.165, 1.54) is 0 Å². The quantitative estimate of drug-likeness (QED) is 0.739. The molecule has 5 heteroatoms. The third-order valence-corrected chi connectivity index (χ3v) is 4.80. The zero-order valence-corrected chi connectivity index (χ0v) is 19.2. The van der Waals surface area contributed by atoms with Crippen LogP contribution in [-0.4, -0.2) is 34.9 Å². The fourth-order valence-corrected chi connectivity index (χ4v) is 3.15. The summed E-state index contributed by atoms with van der Waals surface area (Å²) in [5.41, 5.74) is 3.75. The highest BCUT2D eigenvalue weighted by Gasteiger charge is 2.28. The van der Waals surface area contributed by atoms with Crippen LogP contribution in [0.2, 0.25) is 0 Å². The molecule has 1 N–H and O–H groups in total. The third-order valence-electron chi connectivity index (χ3n) is 4.80. The average molecular weight is 411 g/mol. The second kappa shape index (κ2) is 9.79. The lowest BCUT2D eigenvalue weighted by Gasteiger charge is -2.31. The van der Waals surface area contributed by atoms with Crippen LogP contribution < -0.4 is 10.1 Å². The number of carbonyl (C=O) groups excluding carboxylic acids is 2. The molecule has 1 atom stereocenters. The van der Waals surface area contributed by atoms with E-state index in [0.717, 1.165) is 22.3 Å². The van der Waals surface area contributed by atoms with Crippen LogP contribution >= 0.6 is 0 Å². The summed E-state index contributed by atoms with van der Waals surface area (Å²) < 4.78 is 5.83. The Balaban J connectivity index is 2.21. The summed E-state index contributed by atoms with van der Waals surface area (Å²) in [4.78, 5) is 27.5. The van der Waals surface area contributed by atoms with Crippen molar-refractivity contribution in [2.75, 3.05) is 6.61 Å². The fraction of sp³-hybridized carbons (Fsp3) is 0.440. The Labute approximate surface area is 180 Å². The third kappa shape index (κ3) is 6.90. The minimum absolute atomic E-state index is 0.122. The van der Waals surface area contributed by atoms with Crippen molar-refractivity contribution >= 4 is 11.8 Å². The van der Waals surface area contributed by atoms with Crippen molar-refractivity contribution in [2.45, 2.75) is 66.6 Å². The van der Waals surface area contributed by atoms with Crippen LogP contribution in [0, 0.1) is 20.8 Å². The zero-order chi connectivity index (χ0) is 22.5. The Morgan fingerprint density at radius 1 is 1.03 bits per heavy atom. The molecule has 1 unspecified atom stereocenters. The molecule has 2 aromatic rings. The summed E-state index contributed by atoms with van der Waals surface area (Å²) in [6.07, 6.45) is 0. The van der Waals surface area contributed by atoms with Gasteiger partial charge in [0.05, 0.1) is 0 Å². The van der Waals surface area contributed by atoms with Crippen LogP contribution in [0.1, 0.15) is 49.9 Å². The molecule has 2 aromatic carbocycles. The van der Waals surface area contributed by atoms with Crippen molar-refractivity contribution < 1.29 is 14.3 Å². The lowest BCUT2D eigenvalue weighted by molar-refractivity contribution is -0.142. The number of benzene rings is 2. The molecule has 2 amide bonds. The summed E-state index contributed by atoms with van der Waals surface area (Å²) in [6, 6.07) is 13.2. The van der Waals surface area contributed by atoms with Crippen LogP contribution in [0.3, 0.4) is 0 Å². The van der Waals surface area contributed by atoms with Gasteiger partial charge in [0.25, 0.3) is 5.91 Å². The standard InChI is InChI=1S/C25H34N2O3/c1-17-9-8-10-21(13-17)15-27(20(4)24(29)26-25(5,6)7)23(28)16-30-22-14-18(2)11-12-19(22)3/h8-14,20H,15-16H2,1-7H3,(H,26,29). The molecule has 5 nitrogen and oxygen atoms in total. The first-order valence-corrected chi connectivity index (χ1v) is 10.3. The van der Waals surface area contributed by atoms with E-state index in [2.05, 4.69) is 5.32 Å². The number of carbonyl (C=O) groups is 2. The van der Waals surface area contributed by atoms with Gasteiger partial charge in [0.2, 0.25) is 5.91 Å². The topological polar surface area (TPSA) is 58.6 Å². The SMILES string of the molecule is Cc1cccc(CN(C(=O)COc2cc(C)ccc2C)C(C)C(=O)NC(C)(C)C)c1. The highest BCUT2D eigenvalue weighted by Crippen LogP contribution is 2.20. The molecule has 0 aliphatic rings. The molecule has 0 saturated carbocycles. The van der Waals surface area contributed by atoms with Crippen molar-refractivity contribution in [2.24, 2.45) is 0 Å². The maximum atomic E-state index is 13.1. The van der Waals surface area contributed by atoms with Crippen LogP contribution in [0.5, 0.6) is 5.75 Å². The van der Waals surface area contributed by atoms with E-state index < -0.39 is 6.04 Å². The van der Waals surface area contributed by atoms with Gasteiger partial charge in [0, 0.05) is 12.1 Å². The minimum atomic E-state index is -0.626. The van der Waals surface area contributed by atoms with Gasteiger partial charge in [0.15, 0.2) is 6.61 Å². The van der Waals surface area contributed by atoms with E-state index >= 15 is 0 Å². The van der Waals surface area contributed by atoms with Crippen molar-refractivity contribution in [3.63, 3.8) is 0 Å². The van der Waals surface area contributed by atoms with E-state index in [1.807, 2.05) is 84.0 Å². The van der Waals surface area contributed by atoms with Crippen LogP contribution in [-0.2, 0) is 16.1 Å². The van der Waals surface area contributed by atoms with Gasteiger partial charge < -0.3 is 15.0 Å². The zero-order valence-electron chi connectivity index (χ0n) is 19.2. The number of nitrogens with one attached hydrogen (secondary N) is 1. The first-order valence-electron chi connectivity index (χ1n) is 10.3. The van der Waals surface area contributed by atoms with E-state index in [9.17, 15) is 9.59 Å². The number of amides is 2. The van der Waals surface area contributed by atoms with E-state index in [-0.39, 0.29) is 24.0 Å². The van der Waals surface area contributed by atoms with E-state index in [4.69, 9.17) is 4.74 Å². The first-order chi connectivity index (χ1) is 14.0. The van der Waals surface area contributed by atoms with Crippen LogP contribution in [0.25, 0.3) is 0 Å². The maximum Gasteiger partial charge on any atom is 0.261 e. The Hall–Kier alpha value is -2.82. The second-order valence-electron chi connectivity index (χ2n) is 8.98. The first kappa shape index (κ1) is 23.5. The summed E-state index contributed by atoms with van der Waals surface area (Å²) >= 11 is 0. The largest absolute Gasteiger partial charge is 0.483 e. The number of aryl methyl sites for hydroxylation is 3. The fourth-order valence-electron chi connectivity index (χ4n) is 3.15. The minimum Gasteiger partial charge on any atom is -0.483 e. The predicted octanol–water partition coefficient (Wildman–Crippen LogP) is 4.32. The molecule has 30 heavy (non-hydrogen) atoms. The molecule has 0 aliphatic carbocycles. The second-order valence-corrected chi connectivity index (χ2v) is 8.98. The highest BCUT2D eigenvalue weighted by molar-refractivity contribution is 5.88. The number of hydrogen-bond acceptors (Lipinski definition) is 3. The number of rotatable bonds is 7. The monoisotopic (exact) mass is 410 g/mol. The van der Waals surface area contributed by atoms with Crippen LogP contribution in [0.4, 0.5) is 0 Å². The Kier molecular flexibility index (Phi) is 7.65. The van der Waals surface area contributed by atoms with Gasteiger partial charge in [-0.3, -0.25) is 9.59 Å². The molecule has 0 radical (unpaired) electrons. The molecule has 0 saturated heterocycles. The molecule has 0 bridgehead atoms. The van der Waals surface area contributed by atoms with Gasteiger partial charge in [0.1, 0.15) is 11.8 Å². The molecule has 0 fully saturated rings. The van der Waals surface area contributed by atoms with Gasteiger partial charge in [-0.15, -0.1) is 0 Å². The summed E-state index contributed by atoms with van der Waals surface area (Å²) in [6.45, 7) is 13.7. The van der Waals surface area contributed by atoms with Crippen molar-refractivity contribution in [3.8, 4) is 5.75 Å². The van der Waals surface area contributed by atoms with Crippen molar-refractivity contribution in [1.82, 2.24) is 10.2 Å². The van der Waals surface area contributed by atoms with Crippen molar-refractivity contribution in [3.05, 3.63) is 64.7 Å². The lowest BCUT2D eigenvalue weighted by atomic mass is 10.1. The van der Waals surface area contributed by atoms with Gasteiger partial charge in [-0.05, 0) is 71.2 Å². The number of ether oxygens (including phenoxy) is 1. The van der Waals surface area contributed by atoms with E-state index in [1.54, 1.807) is 11.8 Å². The summed E-state index contributed by atoms with van der Waals surface area (Å²) in [7, 11) is 0. The molecule has 0 spiro atoms. The van der Waals surface area contributed by atoms with Crippen molar-refractivity contribution in [1.29, 1.82) is 0 Å². The Morgan fingerprint density at radius 2 is 1.70 bits per heavy atom. The van der Waals surface area contributed by atoms with E-state index in [0.29, 0.717) is 12.3 Å². The Bertz CT molecular complexity index is 900. The molecule has 0 aliphatic heterocycles.